The average molecular weight is 263 g/mol. The van der Waals surface area contributed by atoms with E-state index in [4.69, 9.17) is 0 Å². The summed E-state index contributed by atoms with van der Waals surface area (Å²) in [5.74, 6) is 0.778. The van der Waals surface area contributed by atoms with Crippen LogP contribution in [0.2, 0.25) is 0 Å². The SMILES string of the molecule is CCCCCCCCCCNc1nc(C)cc(C)n1. The van der Waals surface area contributed by atoms with Crippen molar-refractivity contribution in [2.24, 2.45) is 0 Å². The van der Waals surface area contributed by atoms with Crippen LogP contribution in [0.5, 0.6) is 0 Å². The number of unbranched alkanes of at least 4 members (excludes halogenated alkanes) is 7. The molecule has 0 radical (unpaired) electrons. The number of hydrogen-bond donors (Lipinski definition) is 1. The number of anilines is 1. The van der Waals surface area contributed by atoms with Gasteiger partial charge in [0.15, 0.2) is 0 Å². The van der Waals surface area contributed by atoms with Crippen LogP contribution in [0.3, 0.4) is 0 Å². The van der Waals surface area contributed by atoms with E-state index in [1.165, 1.54) is 51.4 Å². The van der Waals surface area contributed by atoms with Crippen molar-refractivity contribution >= 4 is 5.95 Å². The quantitative estimate of drug-likeness (QED) is 0.625. The number of rotatable bonds is 10. The monoisotopic (exact) mass is 263 g/mol. The van der Waals surface area contributed by atoms with Crippen LogP contribution in [0.4, 0.5) is 5.95 Å². The Morgan fingerprint density at radius 1 is 0.842 bits per heavy atom. The molecular weight excluding hydrogens is 234 g/mol. The smallest absolute Gasteiger partial charge is 0.223 e. The molecular formula is C16H29N3. The number of nitrogens with zero attached hydrogens (tertiary/aromatic N) is 2. The van der Waals surface area contributed by atoms with Crippen LogP contribution in [0.15, 0.2) is 6.07 Å². The molecule has 108 valence electrons. The minimum absolute atomic E-state index is 0.778. The number of aryl methyl sites for hydroxylation is 2. The summed E-state index contributed by atoms with van der Waals surface area (Å²) >= 11 is 0. The van der Waals surface area contributed by atoms with Gasteiger partial charge in [-0.05, 0) is 26.3 Å². The fraction of sp³-hybridized carbons (Fsp3) is 0.750. The zero-order valence-electron chi connectivity index (χ0n) is 12.8. The summed E-state index contributed by atoms with van der Waals surface area (Å²) in [6.45, 7) is 7.27. The van der Waals surface area contributed by atoms with Crippen molar-refractivity contribution < 1.29 is 0 Å². The Kier molecular flexibility index (Phi) is 8.19. The van der Waals surface area contributed by atoms with Gasteiger partial charge in [-0.25, -0.2) is 9.97 Å². The maximum absolute atomic E-state index is 4.38. The lowest BCUT2D eigenvalue weighted by atomic mass is 10.1. The van der Waals surface area contributed by atoms with E-state index in [-0.39, 0.29) is 0 Å². The summed E-state index contributed by atoms with van der Waals surface area (Å²) in [6.07, 6.45) is 10.8. The standard InChI is InChI=1S/C16H29N3/c1-4-5-6-7-8-9-10-11-12-17-16-18-14(2)13-15(3)19-16/h13H,4-12H2,1-3H3,(H,17,18,19). The van der Waals surface area contributed by atoms with Gasteiger partial charge in [0, 0.05) is 17.9 Å². The Morgan fingerprint density at radius 3 is 1.95 bits per heavy atom. The summed E-state index contributed by atoms with van der Waals surface area (Å²) in [5.41, 5.74) is 2.07. The van der Waals surface area contributed by atoms with Crippen molar-refractivity contribution in [2.45, 2.75) is 72.1 Å². The van der Waals surface area contributed by atoms with E-state index in [1.54, 1.807) is 0 Å². The highest BCUT2D eigenvalue weighted by Crippen LogP contribution is 2.09. The molecule has 1 rings (SSSR count). The first-order chi connectivity index (χ1) is 9.22. The van der Waals surface area contributed by atoms with Gasteiger partial charge in [0.1, 0.15) is 0 Å². The number of aromatic nitrogens is 2. The van der Waals surface area contributed by atoms with E-state index in [0.717, 1.165) is 23.9 Å². The molecule has 0 saturated heterocycles. The summed E-state index contributed by atoms with van der Waals surface area (Å²) in [4.78, 5) is 8.76. The maximum atomic E-state index is 4.38. The van der Waals surface area contributed by atoms with Gasteiger partial charge >= 0.3 is 0 Å². The first kappa shape index (κ1) is 15.9. The Labute approximate surface area is 118 Å². The van der Waals surface area contributed by atoms with E-state index < -0.39 is 0 Å². The predicted octanol–water partition coefficient (Wildman–Crippen LogP) is 4.65. The van der Waals surface area contributed by atoms with Crippen LogP contribution in [-0.4, -0.2) is 16.5 Å². The van der Waals surface area contributed by atoms with Crippen LogP contribution in [-0.2, 0) is 0 Å². The average Bonchev–Trinajstić information content (AvgIpc) is 2.36. The second kappa shape index (κ2) is 9.76. The molecule has 3 nitrogen and oxygen atoms in total. The summed E-state index contributed by atoms with van der Waals surface area (Å²) in [5, 5.41) is 3.32. The lowest BCUT2D eigenvalue weighted by Crippen LogP contribution is -2.06. The zero-order valence-corrected chi connectivity index (χ0v) is 12.8. The predicted molar refractivity (Wildman–Crippen MR) is 82.6 cm³/mol. The lowest BCUT2D eigenvalue weighted by molar-refractivity contribution is 0.580. The fourth-order valence-corrected chi connectivity index (χ4v) is 2.26. The first-order valence-electron chi connectivity index (χ1n) is 7.78. The molecule has 0 fully saturated rings. The van der Waals surface area contributed by atoms with Gasteiger partial charge in [-0.1, -0.05) is 51.9 Å². The van der Waals surface area contributed by atoms with Crippen LogP contribution in [0.1, 0.15) is 69.7 Å². The summed E-state index contributed by atoms with van der Waals surface area (Å²) in [6, 6.07) is 2.00. The molecule has 0 bridgehead atoms. The minimum Gasteiger partial charge on any atom is -0.354 e. The molecule has 0 atom stereocenters. The number of hydrogen-bond acceptors (Lipinski definition) is 3. The molecule has 0 aromatic carbocycles. The molecule has 0 aliphatic carbocycles. The van der Waals surface area contributed by atoms with Gasteiger partial charge in [0.25, 0.3) is 0 Å². The molecule has 0 unspecified atom stereocenters. The Morgan fingerprint density at radius 2 is 1.37 bits per heavy atom. The second-order valence-corrected chi connectivity index (χ2v) is 5.38. The molecule has 19 heavy (non-hydrogen) atoms. The van der Waals surface area contributed by atoms with Crippen molar-refractivity contribution in [3.05, 3.63) is 17.5 Å². The molecule has 0 amide bonds. The first-order valence-corrected chi connectivity index (χ1v) is 7.78. The van der Waals surface area contributed by atoms with Gasteiger partial charge < -0.3 is 5.32 Å². The van der Waals surface area contributed by atoms with Crippen molar-refractivity contribution in [3.63, 3.8) is 0 Å². The summed E-state index contributed by atoms with van der Waals surface area (Å²) in [7, 11) is 0. The van der Waals surface area contributed by atoms with Gasteiger partial charge in [0.2, 0.25) is 5.95 Å². The Bertz CT molecular complexity index is 330. The number of nitrogens with one attached hydrogen (secondary N) is 1. The molecule has 0 aliphatic heterocycles. The Hall–Kier alpha value is -1.12. The molecule has 0 spiro atoms. The molecule has 0 saturated carbocycles. The largest absolute Gasteiger partial charge is 0.354 e. The van der Waals surface area contributed by atoms with Crippen molar-refractivity contribution in [2.75, 3.05) is 11.9 Å². The van der Waals surface area contributed by atoms with E-state index in [9.17, 15) is 0 Å². The third-order valence-electron chi connectivity index (χ3n) is 3.30. The van der Waals surface area contributed by atoms with Gasteiger partial charge in [-0.3, -0.25) is 0 Å². The van der Waals surface area contributed by atoms with Crippen LogP contribution in [0, 0.1) is 13.8 Å². The van der Waals surface area contributed by atoms with E-state index >= 15 is 0 Å². The highest BCUT2D eigenvalue weighted by Gasteiger charge is 1.98. The van der Waals surface area contributed by atoms with Crippen molar-refractivity contribution in [1.82, 2.24) is 9.97 Å². The van der Waals surface area contributed by atoms with Crippen molar-refractivity contribution in [3.8, 4) is 0 Å². The molecule has 1 heterocycles. The Balaban J connectivity index is 2.01. The third kappa shape index (κ3) is 7.81. The van der Waals surface area contributed by atoms with Gasteiger partial charge in [-0.2, -0.15) is 0 Å². The van der Waals surface area contributed by atoms with Crippen LogP contribution < -0.4 is 5.32 Å². The highest BCUT2D eigenvalue weighted by molar-refractivity contribution is 5.27. The molecule has 1 N–H and O–H groups in total. The van der Waals surface area contributed by atoms with Crippen molar-refractivity contribution in [1.29, 1.82) is 0 Å². The topological polar surface area (TPSA) is 37.8 Å². The maximum Gasteiger partial charge on any atom is 0.223 e. The van der Waals surface area contributed by atoms with E-state index in [2.05, 4.69) is 22.2 Å². The van der Waals surface area contributed by atoms with Crippen LogP contribution >= 0.6 is 0 Å². The third-order valence-corrected chi connectivity index (χ3v) is 3.30. The van der Waals surface area contributed by atoms with Gasteiger partial charge in [-0.15, -0.1) is 0 Å². The van der Waals surface area contributed by atoms with E-state index in [0.29, 0.717) is 0 Å². The molecule has 1 aromatic heterocycles. The molecule has 1 aromatic rings. The molecule has 0 aliphatic rings. The second-order valence-electron chi connectivity index (χ2n) is 5.38. The van der Waals surface area contributed by atoms with Gasteiger partial charge in [0.05, 0.1) is 0 Å². The minimum atomic E-state index is 0.778. The lowest BCUT2D eigenvalue weighted by Gasteiger charge is -2.06. The van der Waals surface area contributed by atoms with E-state index in [1.807, 2.05) is 19.9 Å². The van der Waals surface area contributed by atoms with Crippen LogP contribution in [0.25, 0.3) is 0 Å². The highest BCUT2D eigenvalue weighted by atomic mass is 15.1. The normalized spacial score (nSPS) is 10.7. The zero-order chi connectivity index (χ0) is 13.9. The summed E-state index contributed by atoms with van der Waals surface area (Å²) < 4.78 is 0. The fourth-order valence-electron chi connectivity index (χ4n) is 2.26. The molecule has 3 heteroatoms.